The Balaban J connectivity index is 1.52. The number of carbonyl (C=O) groups is 2. The zero-order chi connectivity index (χ0) is 14.8. The van der Waals surface area contributed by atoms with Gasteiger partial charge in [0.2, 0.25) is 5.91 Å². The second-order valence-electron chi connectivity index (χ2n) is 5.52. The van der Waals surface area contributed by atoms with Crippen LogP contribution in [-0.4, -0.2) is 43.0 Å². The van der Waals surface area contributed by atoms with Crippen LogP contribution in [0.25, 0.3) is 0 Å². The zero-order valence-corrected chi connectivity index (χ0v) is 12.5. The standard InChI is InChI=1S/C15H18ClN3O2/c16-12-2-1-3-13(10-12)18-6-8-19(9-7-18)15(21)17-14(20)11-4-5-11/h1-3,10-11H,4-9H2,(H,17,20,21). The maximum atomic E-state index is 12.0. The third kappa shape index (κ3) is 3.47. The van der Waals surface area contributed by atoms with Crippen LogP contribution in [0.15, 0.2) is 24.3 Å². The van der Waals surface area contributed by atoms with Gasteiger partial charge < -0.3 is 9.80 Å². The SMILES string of the molecule is O=C(NC(=O)N1CCN(c2cccc(Cl)c2)CC1)C1CC1. The Bertz CT molecular complexity index is 552. The highest BCUT2D eigenvalue weighted by molar-refractivity contribution is 6.30. The van der Waals surface area contributed by atoms with Crippen LogP contribution >= 0.6 is 11.6 Å². The van der Waals surface area contributed by atoms with E-state index in [-0.39, 0.29) is 17.9 Å². The summed E-state index contributed by atoms with van der Waals surface area (Å²) in [5, 5.41) is 3.19. The van der Waals surface area contributed by atoms with Gasteiger partial charge in [0.1, 0.15) is 0 Å². The lowest BCUT2D eigenvalue weighted by Crippen LogP contribution is -2.53. The molecule has 21 heavy (non-hydrogen) atoms. The van der Waals surface area contributed by atoms with Crippen molar-refractivity contribution in [2.24, 2.45) is 5.92 Å². The van der Waals surface area contributed by atoms with Gasteiger partial charge in [-0.05, 0) is 31.0 Å². The first kappa shape index (κ1) is 14.2. The molecule has 1 saturated carbocycles. The largest absolute Gasteiger partial charge is 0.368 e. The number of imide groups is 1. The van der Waals surface area contributed by atoms with Crippen LogP contribution in [0.1, 0.15) is 12.8 Å². The van der Waals surface area contributed by atoms with E-state index in [1.165, 1.54) is 0 Å². The van der Waals surface area contributed by atoms with E-state index in [9.17, 15) is 9.59 Å². The van der Waals surface area contributed by atoms with Crippen molar-refractivity contribution in [3.63, 3.8) is 0 Å². The average Bonchev–Trinajstić information content (AvgIpc) is 3.32. The number of hydrogen-bond donors (Lipinski definition) is 1. The van der Waals surface area contributed by atoms with Gasteiger partial charge in [0.05, 0.1) is 0 Å². The Hall–Kier alpha value is -1.75. The van der Waals surface area contributed by atoms with E-state index < -0.39 is 0 Å². The van der Waals surface area contributed by atoms with E-state index in [1.807, 2.05) is 24.3 Å². The number of benzene rings is 1. The third-order valence-electron chi connectivity index (χ3n) is 3.92. The topological polar surface area (TPSA) is 52.7 Å². The molecule has 1 heterocycles. The molecule has 0 bridgehead atoms. The Morgan fingerprint density at radius 1 is 1.14 bits per heavy atom. The van der Waals surface area contributed by atoms with Crippen molar-refractivity contribution in [3.05, 3.63) is 29.3 Å². The molecule has 1 aromatic carbocycles. The van der Waals surface area contributed by atoms with E-state index in [0.29, 0.717) is 18.1 Å². The molecule has 1 aromatic rings. The van der Waals surface area contributed by atoms with Crippen molar-refractivity contribution >= 4 is 29.2 Å². The summed E-state index contributed by atoms with van der Waals surface area (Å²) in [7, 11) is 0. The predicted molar refractivity (Wildman–Crippen MR) is 81.5 cm³/mol. The lowest BCUT2D eigenvalue weighted by atomic mass is 10.2. The smallest absolute Gasteiger partial charge is 0.324 e. The lowest BCUT2D eigenvalue weighted by Gasteiger charge is -2.36. The Kier molecular flexibility index (Phi) is 4.01. The van der Waals surface area contributed by atoms with Crippen molar-refractivity contribution in [1.82, 2.24) is 10.2 Å². The van der Waals surface area contributed by atoms with Gasteiger partial charge in [0.15, 0.2) is 0 Å². The number of piperazine rings is 1. The molecule has 6 heteroatoms. The minimum Gasteiger partial charge on any atom is -0.368 e. The van der Waals surface area contributed by atoms with Gasteiger partial charge in [0.25, 0.3) is 0 Å². The van der Waals surface area contributed by atoms with Gasteiger partial charge in [-0.2, -0.15) is 0 Å². The van der Waals surface area contributed by atoms with Gasteiger partial charge in [-0.1, -0.05) is 17.7 Å². The molecule has 1 aliphatic heterocycles. The van der Waals surface area contributed by atoms with Gasteiger partial charge in [0, 0.05) is 42.8 Å². The number of urea groups is 1. The highest BCUT2D eigenvalue weighted by Crippen LogP contribution is 2.28. The number of rotatable bonds is 2. The van der Waals surface area contributed by atoms with Crippen LogP contribution in [-0.2, 0) is 4.79 Å². The zero-order valence-electron chi connectivity index (χ0n) is 11.7. The van der Waals surface area contributed by atoms with E-state index in [1.54, 1.807) is 4.90 Å². The van der Waals surface area contributed by atoms with Crippen LogP contribution in [0.5, 0.6) is 0 Å². The molecule has 112 valence electrons. The number of nitrogens with zero attached hydrogens (tertiary/aromatic N) is 2. The Labute approximate surface area is 128 Å². The van der Waals surface area contributed by atoms with Crippen molar-refractivity contribution < 1.29 is 9.59 Å². The summed E-state index contributed by atoms with van der Waals surface area (Å²) >= 11 is 6.00. The van der Waals surface area contributed by atoms with E-state index in [2.05, 4.69) is 10.2 Å². The second kappa shape index (κ2) is 5.93. The molecule has 0 spiro atoms. The second-order valence-corrected chi connectivity index (χ2v) is 5.96. The fourth-order valence-electron chi connectivity index (χ4n) is 2.47. The number of halogens is 1. The average molecular weight is 308 g/mol. The normalized spacial score (nSPS) is 18.5. The minimum absolute atomic E-state index is 0.0571. The molecule has 2 aliphatic rings. The van der Waals surface area contributed by atoms with Gasteiger partial charge in [-0.15, -0.1) is 0 Å². The fraction of sp³-hybridized carbons (Fsp3) is 0.467. The van der Waals surface area contributed by atoms with Crippen LogP contribution in [0.3, 0.4) is 0 Å². The maximum Gasteiger partial charge on any atom is 0.324 e. The van der Waals surface area contributed by atoms with E-state index in [4.69, 9.17) is 11.6 Å². The molecular formula is C15H18ClN3O2. The Morgan fingerprint density at radius 2 is 1.86 bits per heavy atom. The van der Waals surface area contributed by atoms with Gasteiger partial charge in [-0.25, -0.2) is 4.79 Å². The molecule has 0 atom stereocenters. The van der Waals surface area contributed by atoms with E-state index >= 15 is 0 Å². The molecule has 3 amide bonds. The summed E-state index contributed by atoms with van der Waals surface area (Å²) < 4.78 is 0. The number of hydrogen-bond acceptors (Lipinski definition) is 3. The quantitative estimate of drug-likeness (QED) is 0.910. The molecule has 2 fully saturated rings. The summed E-state index contributed by atoms with van der Waals surface area (Å²) in [5.74, 6) is -0.0704. The van der Waals surface area contributed by atoms with Crippen molar-refractivity contribution in [2.75, 3.05) is 31.1 Å². The molecular weight excluding hydrogens is 290 g/mol. The fourth-order valence-corrected chi connectivity index (χ4v) is 2.66. The number of carbonyl (C=O) groups excluding carboxylic acids is 2. The van der Waals surface area contributed by atoms with Gasteiger partial charge in [-0.3, -0.25) is 10.1 Å². The molecule has 1 aliphatic carbocycles. The maximum absolute atomic E-state index is 12.0. The molecule has 3 rings (SSSR count). The monoisotopic (exact) mass is 307 g/mol. The van der Waals surface area contributed by atoms with E-state index in [0.717, 1.165) is 31.6 Å². The summed E-state index contributed by atoms with van der Waals surface area (Å²) in [6.45, 7) is 2.70. The first-order chi connectivity index (χ1) is 10.1. The summed E-state index contributed by atoms with van der Waals surface area (Å²) in [6.07, 6.45) is 1.81. The first-order valence-electron chi connectivity index (χ1n) is 7.24. The lowest BCUT2D eigenvalue weighted by molar-refractivity contribution is -0.121. The number of anilines is 1. The number of amides is 3. The summed E-state index contributed by atoms with van der Waals surface area (Å²) in [6, 6.07) is 7.44. The molecule has 5 nitrogen and oxygen atoms in total. The summed E-state index contributed by atoms with van der Waals surface area (Å²) in [4.78, 5) is 27.5. The highest BCUT2D eigenvalue weighted by atomic mass is 35.5. The van der Waals surface area contributed by atoms with Gasteiger partial charge >= 0.3 is 6.03 Å². The van der Waals surface area contributed by atoms with Crippen molar-refractivity contribution in [1.29, 1.82) is 0 Å². The van der Waals surface area contributed by atoms with Crippen molar-refractivity contribution in [3.8, 4) is 0 Å². The molecule has 1 saturated heterocycles. The summed E-state index contributed by atoms with van der Waals surface area (Å²) in [5.41, 5.74) is 1.07. The van der Waals surface area contributed by atoms with Crippen LogP contribution in [0.2, 0.25) is 5.02 Å². The third-order valence-corrected chi connectivity index (χ3v) is 4.15. The molecule has 1 N–H and O–H groups in total. The van der Waals surface area contributed by atoms with Crippen molar-refractivity contribution in [2.45, 2.75) is 12.8 Å². The molecule has 0 aromatic heterocycles. The Morgan fingerprint density at radius 3 is 2.48 bits per heavy atom. The minimum atomic E-state index is -0.266. The molecule has 0 radical (unpaired) electrons. The van der Waals surface area contributed by atoms with Crippen LogP contribution in [0, 0.1) is 5.92 Å². The van der Waals surface area contributed by atoms with Crippen LogP contribution in [0.4, 0.5) is 10.5 Å². The first-order valence-corrected chi connectivity index (χ1v) is 7.61. The predicted octanol–water partition coefficient (Wildman–Crippen LogP) is 2.11. The van der Waals surface area contributed by atoms with Crippen LogP contribution < -0.4 is 10.2 Å². The molecule has 0 unspecified atom stereocenters. The number of nitrogens with one attached hydrogen (secondary N) is 1. The highest BCUT2D eigenvalue weighted by Gasteiger charge is 2.32.